The quantitative estimate of drug-likeness (QED) is 0.636. The van der Waals surface area contributed by atoms with E-state index in [1.165, 1.54) is 16.8 Å². The molecule has 0 saturated carbocycles. The van der Waals surface area contributed by atoms with E-state index in [9.17, 15) is 14.9 Å². The Morgan fingerprint density at radius 1 is 1.36 bits per heavy atom. The van der Waals surface area contributed by atoms with Gasteiger partial charge in [0.05, 0.1) is 10.6 Å². The number of hydrogen-bond donors (Lipinski definition) is 2. The maximum atomic E-state index is 12.3. The highest BCUT2D eigenvalue weighted by Gasteiger charge is 2.23. The lowest BCUT2D eigenvalue weighted by atomic mass is 9.95. The molecule has 1 aromatic heterocycles. The number of nitro benzene ring substituents is 1. The van der Waals surface area contributed by atoms with Crippen molar-refractivity contribution >= 4 is 24.0 Å². The average molecular weight is 366 g/mol. The number of halogens is 1. The van der Waals surface area contributed by atoms with Crippen LogP contribution in [0.1, 0.15) is 23.8 Å². The number of carbonyl (C=O) groups excluding carboxylic acids is 1. The summed E-state index contributed by atoms with van der Waals surface area (Å²) in [6, 6.07) is 7.74. The molecule has 1 amide bonds. The number of piperidine rings is 1. The summed E-state index contributed by atoms with van der Waals surface area (Å²) < 4.78 is 1.53. The van der Waals surface area contributed by atoms with E-state index in [0.29, 0.717) is 17.3 Å². The van der Waals surface area contributed by atoms with Crippen LogP contribution in [0.3, 0.4) is 0 Å². The van der Waals surface area contributed by atoms with Crippen molar-refractivity contribution in [2.24, 2.45) is 5.92 Å². The van der Waals surface area contributed by atoms with E-state index in [-0.39, 0.29) is 30.0 Å². The summed E-state index contributed by atoms with van der Waals surface area (Å²) >= 11 is 0. The summed E-state index contributed by atoms with van der Waals surface area (Å²) in [5.41, 5.74) is 1.00. The van der Waals surface area contributed by atoms with Crippen molar-refractivity contribution in [1.82, 2.24) is 20.4 Å². The van der Waals surface area contributed by atoms with E-state index >= 15 is 0 Å². The lowest BCUT2D eigenvalue weighted by molar-refractivity contribution is -0.384. The van der Waals surface area contributed by atoms with Crippen LogP contribution in [-0.4, -0.2) is 39.7 Å². The van der Waals surface area contributed by atoms with Crippen molar-refractivity contribution in [2.75, 3.05) is 13.1 Å². The van der Waals surface area contributed by atoms with Gasteiger partial charge in [0.2, 0.25) is 0 Å². The van der Waals surface area contributed by atoms with Crippen LogP contribution in [-0.2, 0) is 0 Å². The monoisotopic (exact) mass is 365 g/mol. The molecular formula is C16H20ClN5O3. The Hall–Kier alpha value is -2.45. The van der Waals surface area contributed by atoms with Crippen molar-refractivity contribution in [2.45, 2.75) is 19.4 Å². The van der Waals surface area contributed by atoms with Gasteiger partial charge >= 0.3 is 0 Å². The molecule has 0 aliphatic carbocycles. The predicted octanol–water partition coefficient (Wildman–Crippen LogP) is 1.93. The number of nitro groups is 1. The van der Waals surface area contributed by atoms with E-state index in [1.807, 2.05) is 0 Å². The Balaban J connectivity index is 0.00000225. The van der Waals surface area contributed by atoms with Crippen LogP contribution >= 0.6 is 12.4 Å². The number of nitrogens with zero attached hydrogens (tertiary/aromatic N) is 3. The summed E-state index contributed by atoms with van der Waals surface area (Å²) in [5.74, 6) is 0.211. The van der Waals surface area contributed by atoms with Gasteiger partial charge < -0.3 is 10.6 Å². The number of non-ortho nitro benzene ring substituents is 1. The largest absolute Gasteiger partial charge is 0.346 e. The van der Waals surface area contributed by atoms with E-state index in [0.717, 1.165) is 19.5 Å². The minimum absolute atomic E-state index is 0. The number of amides is 1. The van der Waals surface area contributed by atoms with Gasteiger partial charge in [0.1, 0.15) is 0 Å². The van der Waals surface area contributed by atoms with E-state index < -0.39 is 4.92 Å². The fraction of sp³-hybridized carbons (Fsp3) is 0.375. The summed E-state index contributed by atoms with van der Waals surface area (Å²) in [7, 11) is 0. The first-order chi connectivity index (χ1) is 11.5. The standard InChI is InChI=1S/C16H19N5O3.ClH/c1-11-6-8-17-10-15(11)18-16(22)14-7-9-20(19-14)12-2-4-13(5-3-12)21(23)24;/h2-5,7,9,11,15,17H,6,8,10H2,1H3,(H,18,22);1H. The van der Waals surface area contributed by atoms with Crippen LogP contribution < -0.4 is 10.6 Å². The number of aromatic nitrogens is 2. The number of nitrogens with one attached hydrogen (secondary N) is 2. The molecule has 2 aromatic rings. The first-order valence-electron chi connectivity index (χ1n) is 7.86. The molecule has 2 heterocycles. The third-order valence-electron chi connectivity index (χ3n) is 4.29. The molecule has 2 unspecified atom stereocenters. The maximum absolute atomic E-state index is 12.3. The molecule has 134 valence electrons. The minimum Gasteiger partial charge on any atom is -0.346 e. The first kappa shape index (κ1) is 18.9. The third-order valence-corrected chi connectivity index (χ3v) is 4.29. The lowest BCUT2D eigenvalue weighted by Gasteiger charge is -2.29. The molecule has 8 nitrogen and oxygen atoms in total. The van der Waals surface area contributed by atoms with Crippen molar-refractivity contribution < 1.29 is 9.72 Å². The Morgan fingerprint density at radius 3 is 2.72 bits per heavy atom. The molecule has 0 bridgehead atoms. The van der Waals surface area contributed by atoms with Crippen LogP contribution in [0.15, 0.2) is 36.5 Å². The number of benzene rings is 1. The Morgan fingerprint density at radius 2 is 2.08 bits per heavy atom. The Labute approximate surface area is 151 Å². The van der Waals surface area contributed by atoms with Crippen molar-refractivity contribution in [3.05, 3.63) is 52.3 Å². The normalized spacial score (nSPS) is 19.7. The molecule has 25 heavy (non-hydrogen) atoms. The zero-order chi connectivity index (χ0) is 17.1. The van der Waals surface area contributed by atoms with E-state index in [4.69, 9.17) is 0 Å². The molecular weight excluding hydrogens is 346 g/mol. The highest BCUT2D eigenvalue weighted by atomic mass is 35.5. The number of rotatable bonds is 4. The van der Waals surface area contributed by atoms with Gasteiger partial charge in [-0.2, -0.15) is 5.10 Å². The predicted molar refractivity (Wildman–Crippen MR) is 95.4 cm³/mol. The zero-order valence-electron chi connectivity index (χ0n) is 13.7. The molecule has 1 aliphatic rings. The molecule has 2 atom stereocenters. The fourth-order valence-corrected chi connectivity index (χ4v) is 2.74. The maximum Gasteiger partial charge on any atom is 0.272 e. The average Bonchev–Trinajstić information content (AvgIpc) is 3.07. The van der Waals surface area contributed by atoms with E-state index in [1.54, 1.807) is 24.4 Å². The topological polar surface area (TPSA) is 102 Å². The highest BCUT2D eigenvalue weighted by Crippen LogP contribution is 2.15. The van der Waals surface area contributed by atoms with Gasteiger partial charge in [0, 0.05) is 30.9 Å². The third kappa shape index (κ3) is 4.34. The van der Waals surface area contributed by atoms with E-state index in [2.05, 4.69) is 22.7 Å². The van der Waals surface area contributed by atoms with Gasteiger partial charge in [-0.3, -0.25) is 14.9 Å². The summed E-state index contributed by atoms with van der Waals surface area (Å²) in [6.45, 7) is 3.86. The fourth-order valence-electron chi connectivity index (χ4n) is 2.74. The molecule has 2 N–H and O–H groups in total. The second kappa shape index (κ2) is 8.09. The van der Waals surface area contributed by atoms with Crippen LogP contribution in [0.2, 0.25) is 0 Å². The minimum atomic E-state index is -0.453. The number of hydrogen-bond acceptors (Lipinski definition) is 5. The molecule has 0 spiro atoms. The highest BCUT2D eigenvalue weighted by molar-refractivity contribution is 5.92. The summed E-state index contributed by atoms with van der Waals surface area (Å²) in [4.78, 5) is 22.6. The van der Waals surface area contributed by atoms with Gasteiger partial charge in [-0.1, -0.05) is 6.92 Å². The Bertz CT molecular complexity index is 746. The molecule has 3 rings (SSSR count). The molecule has 0 radical (unpaired) electrons. The van der Waals surface area contributed by atoms with Gasteiger partial charge in [-0.25, -0.2) is 4.68 Å². The second-order valence-electron chi connectivity index (χ2n) is 5.97. The molecule has 1 aromatic carbocycles. The zero-order valence-corrected chi connectivity index (χ0v) is 14.5. The van der Waals surface area contributed by atoms with Crippen LogP contribution in [0, 0.1) is 16.0 Å². The number of carbonyl (C=O) groups is 1. The van der Waals surface area contributed by atoms with Gasteiger partial charge in [-0.15, -0.1) is 12.4 Å². The Kier molecular flexibility index (Phi) is 6.11. The van der Waals surface area contributed by atoms with Crippen LogP contribution in [0.4, 0.5) is 5.69 Å². The van der Waals surface area contributed by atoms with Gasteiger partial charge in [0.25, 0.3) is 11.6 Å². The van der Waals surface area contributed by atoms with Gasteiger partial charge in [0.15, 0.2) is 5.69 Å². The molecule has 1 saturated heterocycles. The van der Waals surface area contributed by atoms with Crippen molar-refractivity contribution in [1.29, 1.82) is 0 Å². The lowest BCUT2D eigenvalue weighted by Crippen LogP contribution is -2.50. The molecule has 9 heteroatoms. The smallest absolute Gasteiger partial charge is 0.272 e. The summed E-state index contributed by atoms with van der Waals surface area (Å²) in [5, 5.41) is 21.2. The SMILES string of the molecule is CC1CCNCC1NC(=O)c1ccn(-c2ccc([N+](=O)[O-])cc2)n1.Cl. The van der Waals surface area contributed by atoms with Crippen molar-refractivity contribution in [3.63, 3.8) is 0 Å². The van der Waals surface area contributed by atoms with Crippen LogP contribution in [0.25, 0.3) is 5.69 Å². The summed E-state index contributed by atoms with van der Waals surface area (Å²) in [6.07, 6.45) is 2.70. The second-order valence-corrected chi connectivity index (χ2v) is 5.97. The molecule has 1 fully saturated rings. The van der Waals surface area contributed by atoms with Crippen LogP contribution in [0.5, 0.6) is 0 Å². The van der Waals surface area contributed by atoms with Gasteiger partial charge in [-0.05, 0) is 37.1 Å². The van der Waals surface area contributed by atoms with Crippen molar-refractivity contribution in [3.8, 4) is 5.69 Å². The molecule has 1 aliphatic heterocycles. The first-order valence-corrected chi connectivity index (χ1v) is 7.86.